The largest absolute Gasteiger partial charge is 0.463 e. The Balaban J connectivity index is 1.78. The number of hydrogen-bond acceptors (Lipinski definition) is 3. The monoisotopic (exact) mass is 307 g/mol. The number of aryl methyl sites for hydroxylation is 2. The number of nitrogens with one attached hydrogen (secondary N) is 1. The molecule has 0 spiro atoms. The van der Waals surface area contributed by atoms with Gasteiger partial charge in [0.25, 0.3) is 5.91 Å². The van der Waals surface area contributed by atoms with Crippen LogP contribution in [0.3, 0.4) is 0 Å². The first-order valence-corrected chi connectivity index (χ1v) is 7.74. The molecule has 0 bridgehead atoms. The first-order valence-electron chi connectivity index (χ1n) is 7.74. The number of aromatic nitrogens is 2. The van der Waals surface area contributed by atoms with Crippen LogP contribution in [0, 0.1) is 6.92 Å². The Labute approximate surface area is 133 Å². The van der Waals surface area contributed by atoms with Crippen molar-refractivity contribution >= 4 is 11.6 Å². The lowest BCUT2D eigenvalue weighted by atomic mass is 10.00. The van der Waals surface area contributed by atoms with Gasteiger partial charge in [0.05, 0.1) is 11.8 Å². The van der Waals surface area contributed by atoms with E-state index in [0.717, 1.165) is 30.8 Å². The molecule has 3 heterocycles. The molecule has 0 unspecified atom stereocenters. The third-order valence-electron chi connectivity index (χ3n) is 4.27. The summed E-state index contributed by atoms with van der Waals surface area (Å²) in [5, 5.41) is 7.18. The first-order chi connectivity index (χ1) is 11.3. The standard InChI is InChI=1S/C18H17N3O2/c1-12-16(17(20-19-12)15-9-5-11-23-15)18(22)21-10-4-7-13-6-2-3-8-14(13)21/h2-3,5-6,8-9,11H,4,7,10H2,1H3,(H,19,20). The van der Waals surface area contributed by atoms with E-state index in [9.17, 15) is 4.79 Å². The van der Waals surface area contributed by atoms with Gasteiger partial charge in [-0.15, -0.1) is 0 Å². The number of aromatic amines is 1. The van der Waals surface area contributed by atoms with Gasteiger partial charge in [0.15, 0.2) is 5.76 Å². The van der Waals surface area contributed by atoms with Crippen molar-refractivity contribution in [2.24, 2.45) is 0 Å². The molecule has 0 fully saturated rings. The van der Waals surface area contributed by atoms with Crippen LogP contribution in [0.5, 0.6) is 0 Å². The number of carbonyl (C=O) groups excluding carboxylic acids is 1. The second kappa shape index (κ2) is 5.43. The van der Waals surface area contributed by atoms with Crippen LogP contribution in [0.15, 0.2) is 47.1 Å². The lowest BCUT2D eigenvalue weighted by molar-refractivity contribution is 0.0985. The Kier molecular flexibility index (Phi) is 3.26. The van der Waals surface area contributed by atoms with Crippen molar-refractivity contribution in [3.63, 3.8) is 0 Å². The molecule has 1 N–H and O–H groups in total. The van der Waals surface area contributed by atoms with Crippen LogP contribution in [-0.2, 0) is 6.42 Å². The Morgan fingerprint density at radius 3 is 2.96 bits per heavy atom. The number of benzene rings is 1. The Morgan fingerprint density at radius 1 is 1.26 bits per heavy atom. The average molecular weight is 307 g/mol. The molecule has 1 aliphatic rings. The smallest absolute Gasteiger partial charge is 0.262 e. The average Bonchev–Trinajstić information content (AvgIpc) is 3.23. The maximum absolute atomic E-state index is 13.2. The van der Waals surface area contributed by atoms with E-state index in [4.69, 9.17) is 4.42 Å². The van der Waals surface area contributed by atoms with Crippen LogP contribution in [0.1, 0.15) is 28.0 Å². The molecular weight excluding hydrogens is 290 g/mol. The molecule has 2 aromatic heterocycles. The molecule has 0 radical (unpaired) electrons. The maximum atomic E-state index is 13.2. The molecule has 0 saturated heterocycles. The van der Waals surface area contributed by atoms with E-state index >= 15 is 0 Å². The number of furan rings is 1. The summed E-state index contributed by atoms with van der Waals surface area (Å²) in [4.78, 5) is 15.0. The van der Waals surface area contributed by atoms with Gasteiger partial charge >= 0.3 is 0 Å². The highest BCUT2D eigenvalue weighted by Gasteiger charge is 2.29. The molecule has 3 aromatic rings. The van der Waals surface area contributed by atoms with Crippen molar-refractivity contribution in [3.8, 4) is 11.5 Å². The molecule has 0 aliphatic carbocycles. The Morgan fingerprint density at radius 2 is 2.13 bits per heavy atom. The van der Waals surface area contributed by atoms with Gasteiger partial charge in [0.1, 0.15) is 5.69 Å². The molecule has 5 heteroatoms. The van der Waals surface area contributed by atoms with E-state index in [1.165, 1.54) is 5.56 Å². The van der Waals surface area contributed by atoms with Crippen LogP contribution >= 0.6 is 0 Å². The third-order valence-corrected chi connectivity index (χ3v) is 4.27. The summed E-state index contributed by atoms with van der Waals surface area (Å²) in [6.07, 6.45) is 3.56. The van der Waals surface area contributed by atoms with Crippen molar-refractivity contribution < 1.29 is 9.21 Å². The Hall–Kier alpha value is -2.82. The number of carbonyl (C=O) groups is 1. The lowest BCUT2D eigenvalue weighted by Crippen LogP contribution is -2.35. The summed E-state index contributed by atoms with van der Waals surface area (Å²) >= 11 is 0. The number of para-hydroxylation sites is 1. The SMILES string of the molecule is Cc1[nH]nc(-c2ccco2)c1C(=O)N1CCCc2ccccc21. The van der Waals surface area contributed by atoms with Gasteiger partial charge in [0.2, 0.25) is 0 Å². The summed E-state index contributed by atoms with van der Waals surface area (Å²) in [6, 6.07) is 11.7. The number of nitrogens with zero attached hydrogens (tertiary/aromatic N) is 2. The van der Waals surface area contributed by atoms with Crippen molar-refractivity contribution in [2.75, 3.05) is 11.4 Å². The molecule has 116 valence electrons. The highest BCUT2D eigenvalue weighted by Crippen LogP contribution is 2.31. The zero-order valence-corrected chi connectivity index (χ0v) is 12.9. The van der Waals surface area contributed by atoms with Gasteiger partial charge in [-0.25, -0.2) is 0 Å². The zero-order chi connectivity index (χ0) is 15.8. The molecule has 1 aromatic carbocycles. The van der Waals surface area contributed by atoms with Crippen molar-refractivity contribution in [1.29, 1.82) is 0 Å². The van der Waals surface area contributed by atoms with Crippen molar-refractivity contribution in [2.45, 2.75) is 19.8 Å². The van der Waals surface area contributed by atoms with E-state index in [1.54, 1.807) is 12.3 Å². The Bertz CT molecular complexity index is 849. The van der Waals surface area contributed by atoms with E-state index < -0.39 is 0 Å². The van der Waals surface area contributed by atoms with Crippen molar-refractivity contribution in [3.05, 3.63) is 59.5 Å². The second-order valence-electron chi connectivity index (χ2n) is 5.74. The second-order valence-corrected chi connectivity index (χ2v) is 5.74. The molecule has 0 atom stereocenters. The van der Waals surface area contributed by atoms with Crippen LogP contribution in [-0.4, -0.2) is 22.6 Å². The molecule has 1 amide bonds. The van der Waals surface area contributed by atoms with E-state index in [1.807, 2.05) is 36.1 Å². The molecule has 0 saturated carbocycles. The fourth-order valence-electron chi connectivity index (χ4n) is 3.16. The minimum absolute atomic E-state index is 0.0326. The molecule has 23 heavy (non-hydrogen) atoms. The van der Waals surface area contributed by atoms with Crippen LogP contribution in [0.4, 0.5) is 5.69 Å². The number of fused-ring (bicyclic) bond motifs is 1. The maximum Gasteiger partial charge on any atom is 0.262 e. The summed E-state index contributed by atoms with van der Waals surface area (Å²) < 4.78 is 5.43. The quantitative estimate of drug-likeness (QED) is 0.787. The zero-order valence-electron chi connectivity index (χ0n) is 12.9. The van der Waals surface area contributed by atoms with Gasteiger partial charge in [-0.05, 0) is 43.5 Å². The predicted molar refractivity (Wildman–Crippen MR) is 87.5 cm³/mol. The van der Waals surface area contributed by atoms with E-state index in [2.05, 4.69) is 16.3 Å². The highest BCUT2D eigenvalue weighted by atomic mass is 16.3. The topological polar surface area (TPSA) is 62.1 Å². The first kappa shape index (κ1) is 13.8. The summed E-state index contributed by atoms with van der Waals surface area (Å²) in [6.45, 7) is 2.58. The summed E-state index contributed by atoms with van der Waals surface area (Å²) in [5.74, 6) is 0.567. The number of H-pyrrole nitrogens is 1. The molecule has 4 rings (SSSR count). The van der Waals surface area contributed by atoms with Gasteiger partial charge in [-0.2, -0.15) is 5.10 Å². The number of rotatable bonds is 2. The van der Waals surface area contributed by atoms with Gasteiger partial charge < -0.3 is 9.32 Å². The number of hydrogen-bond donors (Lipinski definition) is 1. The minimum atomic E-state index is -0.0326. The third kappa shape index (κ3) is 2.25. The van der Waals surface area contributed by atoms with Gasteiger partial charge in [-0.3, -0.25) is 9.89 Å². The fraction of sp³-hybridized carbons (Fsp3) is 0.222. The molecule has 1 aliphatic heterocycles. The van der Waals surface area contributed by atoms with Crippen LogP contribution in [0.2, 0.25) is 0 Å². The lowest BCUT2D eigenvalue weighted by Gasteiger charge is -2.29. The minimum Gasteiger partial charge on any atom is -0.463 e. The summed E-state index contributed by atoms with van der Waals surface area (Å²) in [5.41, 5.74) is 4.12. The van der Waals surface area contributed by atoms with Crippen LogP contribution < -0.4 is 4.90 Å². The summed E-state index contributed by atoms with van der Waals surface area (Å²) in [7, 11) is 0. The van der Waals surface area contributed by atoms with Gasteiger partial charge in [0, 0.05) is 17.9 Å². The van der Waals surface area contributed by atoms with E-state index in [-0.39, 0.29) is 5.91 Å². The normalized spacial score (nSPS) is 13.9. The van der Waals surface area contributed by atoms with Crippen LogP contribution in [0.25, 0.3) is 11.5 Å². The molecule has 5 nitrogen and oxygen atoms in total. The fourth-order valence-corrected chi connectivity index (χ4v) is 3.16. The number of amides is 1. The number of anilines is 1. The molecular formula is C18H17N3O2. The highest BCUT2D eigenvalue weighted by molar-refractivity contribution is 6.10. The van der Waals surface area contributed by atoms with E-state index in [0.29, 0.717) is 17.0 Å². The predicted octanol–water partition coefficient (Wildman–Crippen LogP) is 3.57. The van der Waals surface area contributed by atoms with Crippen molar-refractivity contribution in [1.82, 2.24) is 10.2 Å². The van der Waals surface area contributed by atoms with Gasteiger partial charge in [-0.1, -0.05) is 18.2 Å².